The van der Waals surface area contributed by atoms with E-state index in [1.54, 1.807) is 12.1 Å². The van der Waals surface area contributed by atoms with E-state index >= 15 is 0 Å². The van der Waals surface area contributed by atoms with Crippen molar-refractivity contribution in [3.63, 3.8) is 0 Å². The molecule has 1 spiro atoms. The lowest BCUT2D eigenvalue weighted by Gasteiger charge is -2.44. The smallest absolute Gasteiger partial charge is 0.170 e. The Labute approximate surface area is 125 Å². The lowest BCUT2D eigenvalue weighted by atomic mass is 9.70. The first-order valence-corrected chi connectivity index (χ1v) is 7.89. The van der Waals surface area contributed by atoms with Crippen LogP contribution < -0.4 is 4.74 Å². The Kier molecular flexibility index (Phi) is 3.53. The Morgan fingerprint density at radius 3 is 2.95 bits per heavy atom. The van der Waals surface area contributed by atoms with Gasteiger partial charge in [-0.05, 0) is 55.7 Å². The summed E-state index contributed by atoms with van der Waals surface area (Å²) in [4.78, 5) is 12.4. The first kappa shape index (κ1) is 13.9. The third kappa shape index (κ3) is 2.46. The van der Waals surface area contributed by atoms with Gasteiger partial charge in [0.05, 0.1) is 12.0 Å². The van der Waals surface area contributed by atoms with Crippen LogP contribution in [0.2, 0.25) is 5.02 Å². The quantitative estimate of drug-likeness (QED) is 0.736. The number of carbonyl (C=O) groups is 1. The Hall–Kier alpha value is -1.02. The molecule has 0 saturated heterocycles. The average Bonchev–Trinajstić information content (AvgIpc) is 2.40. The van der Waals surface area contributed by atoms with Crippen LogP contribution >= 0.6 is 11.6 Å². The Bertz CT molecular complexity index is 538. The van der Waals surface area contributed by atoms with Gasteiger partial charge < -0.3 is 4.74 Å². The van der Waals surface area contributed by atoms with E-state index in [1.165, 1.54) is 6.42 Å². The van der Waals surface area contributed by atoms with Crippen LogP contribution in [0, 0.1) is 11.8 Å². The summed E-state index contributed by atoms with van der Waals surface area (Å²) in [5.74, 6) is 2.20. The lowest BCUT2D eigenvalue weighted by molar-refractivity contribution is -0.0116. The highest BCUT2D eigenvalue weighted by molar-refractivity contribution is 6.31. The van der Waals surface area contributed by atoms with E-state index in [0.29, 0.717) is 28.8 Å². The van der Waals surface area contributed by atoms with Crippen molar-refractivity contribution < 1.29 is 9.53 Å². The molecule has 1 heterocycles. The van der Waals surface area contributed by atoms with Crippen molar-refractivity contribution in [2.24, 2.45) is 11.8 Å². The number of fused-ring (bicyclic) bond motifs is 1. The topological polar surface area (TPSA) is 26.3 Å². The molecule has 2 unspecified atom stereocenters. The summed E-state index contributed by atoms with van der Waals surface area (Å²) in [6, 6.07) is 5.37. The summed E-state index contributed by atoms with van der Waals surface area (Å²) >= 11 is 5.98. The van der Waals surface area contributed by atoms with Crippen molar-refractivity contribution in [2.75, 3.05) is 0 Å². The van der Waals surface area contributed by atoms with E-state index < -0.39 is 0 Å². The van der Waals surface area contributed by atoms with Crippen molar-refractivity contribution >= 4 is 17.4 Å². The molecule has 0 N–H and O–H groups in total. The lowest BCUT2D eigenvalue weighted by Crippen LogP contribution is -2.46. The highest BCUT2D eigenvalue weighted by Gasteiger charge is 2.44. The van der Waals surface area contributed by atoms with Crippen molar-refractivity contribution in [1.82, 2.24) is 0 Å². The van der Waals surface area contributed by atoms with Gasteiger partial charge >= 0.3 is 0 Å². The molecular weight excluding hydrogens is 272 g/mol. The molecule has 0 aromatic heterocycles. The Balaban J connectivity index is 1.90. The second-order valence-electron chi connectivity index (χ2n) is 6.63. The molecule has 108 valence electrons. The molecule has 2 atom stereocenters. The standard InChI is InChI=1S/C17H21ClO2/c1-11(2)12-4-3-7-17(9-12)10-15(19)14-8-13(18)5-6-16(14)20-17/h5-6,8,11-12H,3-4,7,9-10H2,1-2H3. The van der Waals surface area contributed by atoms with E-state index in [1.807, 2.05) is 6.07 Å². The maximum absolute atomic E-state index is 12.4. The SMILES string of the molecule is CC(C)C1CCCC2(CC(=O)c3cc(Cl)ccc3O2)C1. The molecule has 1 aromatic carbocycles. The largest absolute Gasteiger partial charge is 0.486 e. The summed E-state index contributed by atoms with van der Waals surface area (Å²) < 4.78 is 6.29. The van der Waals surface area contributed by atoms with E-state index in [9.17, 15) is 4.79 Å². The molecule has 1 fully saturated rings. The minimum Gasteiger partial charge on any atom is -0.486 e. The van der Waals surface area contributed by atoms with Crippen molar-refractivity contribution in [3.8, 4) is 5.75 Å². The third-order valence-electron chi connectivity index (χ3n) is 4.84. The first-order chi connectivity index (χ1) is 9.49. The Morgan fingerprint density at radius 2 is 2.20 bits per heavy atom. The highest BCUT2D eigenvalue weighted by atomic mass is 35.5. The third-order valence-corrected chi connectivity index (χ3v) is 5.07. The second-order valence-corrected chi connectivity index (χ2v) is 7.06. The maximum atomic E-state index is 12.4. The molecule has 2 nitrogen and oxygen atoms in total. The Morgan fingerprint density at radius 1 is 1.40 bits per heavy atom. The van der Waals surface area contributed by atoms with Crippen LogP contribution in [0.5, 0.6) is 5.75 Å². The fraction of sp³-hybridized carbons (Fsp3) is 0.588. The van der Waals surface area contributed by atoms with Gasteiger partial charge in [-0.2, -0.15) is 0 Å². The second kappa shape index (κ2) is 5.07. The van der Waals surface area contributed by atoms with Gasteiger partial charge in [0.2, 0.25) is 0 Å². The van der Waals surface area contributed by atoms with Gasteiger partial charge in [-0.1, -0.05) is 25.4 Å². The molecular formula is C17H21ClO2. The minimum atomic E-state index is -0.273. The van der Waals surface area contributed by atoms with Crippen LogP contribution in [0.15, 0.2) is 18.2 Å². The maximum Gasteiger partial charge on any atom is 0.170 e. The minimum absolute atomic E-state index is 0.179. The molecule has 1 aliphatic heterocycles. The van der Waals surface area contributed by atoms with Gasteiger partial charge in [-0.3, -0.25) is 4.79 Å². The zero-order chi connectivity index (χ0) is 14.3. The normalized spacial score (nSPS) is 29.4. The van der Waals surface area contributed by atoms with Crippen molar-refractivity contribution in [1.29, 1.82) is 0 Å². The van der Waals surface area contributed by atoms with E-state index in [0.717, 1.165) is 25.0 Å². The molecule has 0 amide bonds. The zero-order valence-electron chi connectivity index (χ0n) is 12.1. The van der Waals surface area contributed by atoms with Gasteiger partial charge in [0, 0.05) is 5.02 Å². The van der Waals surface area contributed by atoms with Gasteiger partial charge in [0.25, 0.3) is 0 Å². The zero-order valence-corrected chi connectivity index (χ0v) is 12.9. The summed E-state index contributed by atoms with van der Waals surface area (Å²) in [7, 11) is 0. The summed E-state index contributed by atoms with van der Waals surface area (Å²) in [5.41, 5.74) is 0.375. The number of hydrogen-bond donors (Lipinski definition) is 0. The average molecular weight is 293 g/mol. The van der Waals surface area contributed by atoms with Crippen LogP contribution in [0.1, 0.15) is 56.3 Å². The van der Waals surface area contributed by atoms with E-state index in [-0.39, 0.29) is 11.4 Å². The molecule has 3 rings (SSSR count). The van der Waals surface area contributed by atoms with Crippen LogP contribution in [0.25, 0.3) is 0 Å². The molecule has 3 heteroatoms. The number of hydrogen-bond acceptors (Lipinski definition) is 2. The monoisotopic (exact) mass is 292 g/mol. The van der Waals surface area contributed by atoms with Crippen molar-refractivity contribution in [2.45, 2.75) is 51.6 Å². The fourth-order valence-electron chi connectivity index (χ4n) is 3.66. The summed E-state index contributed by atoms with van der Waals surface area (Å²) in [5, 5.41) is 0.598. The summed E-state index contributed by atoms with van der Waals surface area (Å²) in [6.07, 6.45) is 4.90. The first-order valence-electron chi connectivity index (χ1n) is 7.51. The number of halogens is 1. The molecule has 1 aliphatic carbocycles. The molecule has 0 bridgehead atoms. The van der Waals surface area contributed by atoms with Crippen molar-refractivity contribution in [3.05, 3.63) is 28.8 Å². The van der Waals surface area contributed by atoms with Gasteiger partial charge in [-0.25, -0.2) is 0 Å². The van der Waals surface area contributed by atoms with Crippen LogP contribution in [-0.4, -0.2) is 11.4 Å². The number of ether oxygens (including phenoxy) is 1. The highest BCUT2D eigenvalue weighted by Crippen LogP contribution is 2.45. The predicted molar refractivity (Wildman–Crippen MR) is 80.6 cm³/mol. The molecule has 20 heavy (non-hydrogen) atoms. The molecule has 2 aliphatic rings. The number of Topliss-reactive ketones (excluding diaryl/α,β-unsaturated/α-hetero) is 1. The number of rotatable bonds is 1. The molecule has 1 aromatic rings. The fourth-order valence-corrected chi connectivity index (χ4v) is 3.83. The van der Waals surface area contributed by atoms with Gasteiger partial charge in [0.15, 0.2) is 5.78 Å². The molecule has 0 radical (unpaired) electrons. The predicted octanol–water partition coefficient (Wildman–Crippen LogP) is 4.89. The number of ketones is 1. The number of benzene rings is 1. The summed E-state index contributed by atoms with van der Waals surface area (Å²) in [6.45, 7) is 4.53. The van der Waals surface area contributed by atoms with E-state index in [2.05, 4.69) is 13.8 Å². The van der Waals surface area contributed by atoms with E-state index in [4.69, 9.17) is 16.3 Å². The van der Waals surface area contributed by atoms with Gasteiger partial charge in [-0.15, -0.1) is 0 Å². The number of carbonyl (C=O) groups excluding carboxylic acids is 1. The van der Waals surface area contributed by atoms with Crippen LogP contribution in [0.4, 0.5) is 0 Å². The molecule has 1 saturated carbocycles. The van der Waals surface area contributed by atoms with Gasteiger partial charge in [0.1, 0.15) is 11.4 Å². The van der Waals surface area contributed by atoms with Crippen LogP contribution in [-0.2, 0) is 0 Å². The van der Waals surface area contributed by atoms with Crippen LogP contribution in [0.3, 0.4) is 0 Å².